The van der Waals surface area contributed by atoms with Gasteiger partial charge >= 0.3 is 0 Å². The molecule has 0 bridgehead atoms. The first-order valence-corrected chi connectivity index (χ1v) is 12.9. The normalized spacial score (nSPS) is 15.0. The third-order valence-corrected chi connectivity index (χ3v) is 6.70. The van der Waals surface area contributed by atoms with Crippen LogP contribution in [0.2, 0.25) is 0 Å². The zero-order chi connectivity index (χ0) is 25.6. The quantitative estimate of drug-likeness (QED) is 0.247. The van der Waals surface area contributed by atoms with Crippen molar-refractivity contribution in [2.75, 3.05) is 11.9 Å². The van der Waals surface area contributed by atoms with E-state index < -0.39 is 0 Å². The van der Waals surface area contributed by atoms with Gasteiger partial charge in [0.2, 0.25) is 5.90 Å². The topological polar surface area (TPSA) is 33.6 Å². The highest BCUT2D eigenvalue weighted by molar-refractivity contribution is 6.02. The van der Waals surface area contributed by atoms with Crippen LogP contribution in [0.4, 0.5) is 5.69 Å². The minimum Gasteiger partial charge on any atom is -0.475 e. The minimum atomic E-state index is -0.00374. The van der Waals surface area contributed by atoms with E-state index >= 15 is 0 Å². The largest absolute Gasteiger partial charge is 0.475 e. The molecule has 1 atom stereocenters. The maximum atomic E-state index is 6.07. The summed E-state index contributed by atoms with van der Waals surface area (Å²) in [5.74, 6) is 0.628. The van der Waals surface area contributed by atoms with Crippen LogP contribution in [0.15, 0.2) is 151 Å². The van der Waals surface area contributed by atoms with Crippen LogP contribution in [-0.2, 0) is 4.74 Å². The Labute approximate surface area is 223 Å². The van der Waals surface area contributed by atoms with Gasteiger partial charge in [-0.15, -0.1) is 0 Å². The number of ether oxygens (including phenoxy) is 1. The molecule has 1 unspecified atom stereocenters. The number of benzene rings is 5. The predicted octanol–water partition coefficient (Wildman–Crippen LogP) is 8.64. The zero-order valence-corrected chi connectivity index (χ0v) is 21.0. The highest BCUT2D eigenvalue weighted by atomic mass is 16.5. The highest BCUT2D eigenvalue weighted by Gasteiger charge is 2.21. The number of anilines is 1. The monoisotopic (exact) mass is 492 g/mol. The number of hydrogen-bond donors (Lipinski definition) is 1. The Morgan fingerprint density at radius 3 is 1.74 bits per heavy atom. The van der Waals surface area contributed by atoms with E-state index in [-0.39, 0.29) is 6.04 Å². The lowest BCUT2D eigenvalue weighted by Crippen LogP contribution is -2.06. The summed E-state index contributed by atoms with van der Waals surface area (Å²) in [6.45, 7) is 0.536. The van der Waals surface area contributed by atoms with Crippen molar-refractivity contribution >= 4 is 17.3 Å². The molecule has 5 aromatic rings. The van der Waals surface area contributed by atoms with E-state index in [9.17, 15) is 0 Å². The fourth-order valence-corrected chi connectivity index (χ4v) is 4.79. The number of rotatable bonds is 7. The summed E-state index contributed by atoms with van der Waals surface area (Å²) in [7, 11) is 0. The molecule has 0 fully saturated rings. The van der Waals surface area contributed by atoms with Crippen LogP contribution in [0.25, 0.3) is 28.0 Å². The standard InChI is InChI=1S/C35H28N2O/c1-5-14-26(15-6-1)30-22-13-23-31(27-16-7-2-8-17-27)35(30)37-32(28-18-9-3-10-19-28)24-34-36-33(25-38-34)29-20-11-4-12-21-29/h1-24,33,37H,25H2. The van der Waals surface area contributed by atoms with Gasteiger partial charge in [0.1, 0.15) is 12.6 Å². The van der Waals surface area contributed by atoms with E-state index in [0.717, 1.165) is 44.8 Å². The molecule has 0 aliphatic carbocycles. The van der Waals surface area contributed by atoms with Crippen LogP contribution in [-0.4, -0.2) is 12.5 Å². The van der Waals surface area contributed by atoms with E-state index in [2.05, 4.69) is 108 Å². The lowest BCUT2D eigenvalue weighted by atomic mass is 9.95. The van der Waals surface area contributed by atoms with E-state index in [4.69, 9.17) is 9.73 Å². The molecular formula is C35H28N2O. The second-order valence-corrected chi connectivity index (χ2v) is 9.21. The van der Waals surface area contributed by atoms with Gasteiger partial charge in [-0.05, 0) is 22.3 Å². The summed E-state index contributed by atoms with van der Waals surface area (Å²) in [6, 6.07) is 48.1. The van der Waals surface area contributed by atoms with Gasteiger partial charge in [0.25, 0.3) is 0 Å². The summed E-state index contributed by atoms with van der Waals surface area (Å²) < 4.78 is 6.07. The highest BCUT2D eigenvalue weighted by Crippen LogP contribution is 2.39. The first-order valence-electron chi connectivity index (χ1n) is 12.9. The summed E-state index contributed by atoms with van der Waals surface area (Å²) in [5, 5.41) is 3.81. The van der Waals surface area contributed by atoms with Gasteiger partial charge in [0.15, 0.2) is 0 Å². The molecule has 3 heteroatoms. The average molecular weight is 493 g/mol. The van der Waals surface area contributed by atoms with Crippen molar-refractivity contribution in [3.05, 3.63) is 157 Å². The minimum absolute atomic E-state index is 0.00374. The predicted molar refractivity (Wildman–Crippen MR) is 158 cm³/mol. The van der Waals surface area contributed by atoms with Gasteiger partial charge in [-0.25, -0.2) is 4.99 Å². The summed E-state index contributed by atoms with van der Waals surface area (Å²) in [4.78, 5) is 4.90. The van der Waals surface area contributed by atoms with Crippen molar-refractivity contribution in [1.29, 1.82) is 0 Å². The fraction of sp³-hybridized carbons (Fsp3) is 0.0571. The molecule has 0 radical (unpaired) electrons. The second kappa shape index (κ2) is 11.0. The van der Waals surface area contributed by atoms with Crippen molar-refractivity contribution in [3.8, 4) is 22.3 Å². The molecule has 0 amide bonds. The molecule has 0 aromatic heterocycles. The molecule has 1 heterocycles. The van der Waals surface area contributed by atoms with Crippen molar-refractivity contribution in [3.63, 3.8) is 0 Å². The number of nitrogens with zero attached hydrogens (tertiary/aromatic N) is 1. The van der Waals surface area contributed by atoms with Gasteiger partial charge in [0.05, 0.1) is 11.4 Å². The van der Waals surface area contributed by atoms with Gasteiger partial charge in [0, 0.05) is 17.2 Å². The van der Waals surface area contributed by atoms with Crippen LogP contribution in [0.5, 0.6) is 0 Å². The molecule has 184 valence electrons. The Bertz CT molecular complexity index is 1500. The number of nitrogens with one attached hydrogen (secondary N) is 1. The molecule has 0 saturated carbocycles. The van der Waals surface area contributed by atoms with Crippen LogP contribution in [0.1, 0.15) is 17.2 Å². The average Bonchev–Trinajstić information content (AvgIpc) is 3.47. The van der Waals surface area contributed by atoms with Gasteiger partial charge in [-0.1, -0.05) is 140 Å². The number of aliphatic imine (C=N–C) groups is 1. The molecule has 0 saturated heterocycles. The molecule has 38 heavy (non-hydrogen) atoms. The molecule has 1 N–H and O–H groups in total. The van der Waals surface area contributed by atoms with Gasteiger partial charge < -0.3 is 10.1 Å². The molecule has 6 rings (SSSR count). The number of hydrogen-bond acceptors (Lipinski definition) is 3. The molecule has 0 spiro atoms. The van der Waals surface area contributed by atoms with E-state index in [1.54, 1.807) is 0 Å². The third kappa shape index (κ3) is 5.14. The maximum Gasteiger partial charge on any atom is 0.211 e. The van der Waals surface area contributed by atoms with Crippen LogP contribution in [0, 0.1) is 0 Å². The smallest absolute Gasteiger partial charge is 0.211 e. The zero-order valence-electron chi connectivity index (χ0n) is 21.0. The summed E-state index contributed by atoms with van der Waals surface area (Å²) in [5.41, 5.74) is 8.75. The van der Waals surface area contributed by atoms with Crippen LogP contribution >= 0.6 is 0 Å². The maximum absolute atomic E-state index is 6.07. The Hall–Kier alpha value is -4.89. The van der Waals surface area contributed by atoms with Gasteiger partial charge in [-0.3, -0.25) is 0 Å². The van der Waals surface area contributed by atoms with Crippen molar-refractivity contribution < 1.29 is 4.74 Å². The lowest BCUT2D eigenvalue weighted by Gasteiger charge is -2.20. The lowest BCUT2D eigenvalue weighted by molar-refractivity contribution is 0.321. The van der Waals surface area contributed by atoms with Crippen LogP contribution < -0.4 is 5.32 Å². The van der Waals surface area contributed by atoms with Gasteiger partial charge in [-0.2, -0.15) is 0 Å². The SMILES string of the molecule is C(=C(Nc1c(-c2ccccc2)cccc1-c1ccccc1)c1ccccc1)C1=NC(c2ccccc2)CO1. The van der Waals surface area contributed by atoms with Crippen LogP contribution in [0.3, 0.4) is 0 Å². The molecule has 1 aliphatic heterocycles. The Morgan fingerprint density at radius 1 is 0.632 bits per heavy atom. The first-order chi connectivity index (χ1) is 18.8. The summed E-state index contributed by atoms with van der Waals surface area (Å²) in [6.07, 6.45) is 2.02. The van der Waals surface area contributed by atoms with E-state index in [1.165, 1.54) is 0 Å². The second-order valence-electron chi connectivity index (χ2n) is 9.21. The third-order valence-electron chi connectivity index (χ3n) is 6.70. The molecule has 1 aliphatic rings. The molecule has 5 aromatic carbocycles. The Balaban J connectivity index is 1.46. The molecular weight excluding hydrogens is 464 g/mol. The molecule has 3 nitrogen and oxygen atoms in total. The van der Waals surface area contributed by atoms with E-state index in [1.807, 2.05) is 42.5 Å². The summed E-state index contributed by atoms with van der Waals surface area (Å²) >= 11 is 0. The van der Waals surface area contributed by atoms with Crippen molar-refractivity contribution in [2.24, 2.45) is 4.99 Å². The van der Waals surface area contributed by atoms with Crippen molar-refractivity contribution in [2.45, 2.75) is 6.04 Å². The number of para-hydroxylation sites is 1. The Morgan fingerprint density at radius 2 is 1.16 bits per heavy atom. The Kier molecular flexibility index (Phi) is 6.82. The van der Waals surface area contributed by atoms with Crippen molar-refractivity contribution in [1.82, 2.24) is 0 Å². The first kappa shape index (κ1) is 23.5. The fourth-order valence-electron chi connectivity index (χ4n) is 4.79. The van der Waals surface area contributed by atoms with E-state index in [0.29, 0.717) is 12.5 Å².